The van der Waals surface area contributed by atoms with Crippen molar-refractivity contribution in [3.8, 4) is 5.75 Å². The Kier molecular flexibility index (Phi) is 8.34. The fraction of sp³-hybridized carbons (Fsp3) is 0.517. The third-order valence-corrected chi connectivity index (χ3v) is 8.26. The van der Waals surface area contributed by atoms with E-state index >= 15 is 0 Å². The van der Waals surface area contributed by atoms with Gasteiger partial charge in [0.1, 0.15) is 22.8 Å². The third-order valence-electron chi connectivity index (χ3n) is 8.26. The topological polar surface area (TPSA) is 200 Å². The number of anilines is 1. The van der Waals surface area contributed by atoms with E-state index in [1.165, 1.54) is 0 Å². The molecule has 12 heteroatoms. The Labute approximate surface area is 237 Å². The molecule has 222 valence electrons. The second-order valence-corrected chi connectivity index (χ2v) is 11.1. The first-order valence-corrected chi connectivity index (χ1v) is 13.8. The van der Waals surface area contributed by atoms with Crippen LogP contribution in [0.1, 0.15) is 62.1 Å². The number of phenols is 1. The summed E-state index contributed by atoms with van der Waals surface area (Å²) < 4.78 is 5.19. The highest BCUT2D eigenvalue weighted by Crippen LogP contribution is 2.53. The number of amides is 2. The molecule has 41 heavy (non-hydrogen) atoms. The van der Waals surface area contributed by atoms with Gasteiger partial charge in [0.15, 0.2) is 11.4 Å². The number of hydrogen-bond donors (Lipinski definition) is 6. The van der Waals surface area contributed by atoms with Gasteiger partial charge in [0.2, 0.25) is 5.78 Å². The number of rotatable bonds is 9. The fourth-order valence-electron chi connectivity index (χ4n) is 6.17. The van der Waals surface area contributed by atoms with Crippen LogP contribution < -0.4 is 16.0 Å². The zero-order chi connectivity index (χ0) is 30.2. The van der Waals surface area contributed by atoms with Crippen LogP contribution in [0, 0.1) is 11.8 Å². The minimum Gasteiger partial charge on any atom is -0.508 e. The molecular weight excluding hydrogens is 534 g/mol. The molecule has 0 aromatic heterocycles. The molecule has 3 aliphatic rings. The van der Waals surface area contributed by atoms with E-state index in [1.54, 1.807) is 25.1 Å². The Morgan fingerprint density at radius 1 is 1.15 bits per heavy atom. The van der Waals surface area contributed by atoms with E-state index in [0.717, 1.165) is 25.7 Å². The number of aromatic hydroxyl groups is 1. The number of carbonyl (C=O) groups excluding carboxylic acids is 4. The molecule has 1 aromatic carbocycles. The lowest BCUT2D eigenvalue weighted by molar-refractivity contribution is -0.147. The number of carbonyl (C=O) groups is 4. The summed E-state index contributed by atoms with van der Waals surface area (Å²) in [4.78, 5) is 52.1. The highest BCUT2D eigenvalue weighted by molar-refractivity contribution is 6.22. The maximum Gasteiger partial charge on any atom is 0.407 e. The van der Waals surface area contributed by atoms with Gasteiger partial charge in [-0.1, -0.05) is 26.2 Å². The largest absolute Gasteiger partial charge is 0.508 e. The number of aliphatic hydroxyl groups excluding tert-OH is 2. The first-order chi connectivity index (χ1) is 19.3. The Bertz CT molecular complexity index is 1360. The number of unbranched alkanes of at least 4 members (excludes halogenated alkanes) is 3. The van der Waals surface area contributed by atoms with E-state index in [2.05, 4.69) is 12.2 Å². The molecule has 1 aromatic rings. The van der Waals surface area contributed by atoms with Crippen LogP contribution >= 0.6 is 0 Å². The van der Waals surface area contributed by atoms with E-state index in [4.69, 9.17) is 10.5 Å². The summed E-state index contributed by atoms with van der Waals surface area (Å²) >= 11 is 0. The Morgan fingerprint density at radius 3 is 2.49 bits per heavy atom. The number of aliphatic hydroxyl groups is 3. The van der Waals surface area contributed by atoms with Gasteiger partial charge < -0.3 is 41.1 Å². The molecule has 2 amide bonds. The van der Waals surface area contributed by atoms with Crippen molar-refractivity contribution in [2.45, 2.75) is 64.0 Å². The van der Waals surface area contributed by atoms with Crippen LogP contribution in [-0.2, 0) is 32.1 Å². The Morgan fingerprint density at radius 2 is 1.85 bits per heavy atom. The summed E-state index contributed by atoms with van der Waals surface area (Å²) in [5, 5.41) is 47.4. The van der Waals surface area contributed by atoms with Crippen LogP contribution in [0.15, 0.2) is 23.0 Å². The average Bonchev–Trinajstić information content (AvgIpc) is 2.89. The fourth-order valence-corrected chi connectivity index (χ4v) is 6.17. The predicted molar refractivity (Wildman–Crippen MR) is 148 cm³/mol. The van der Waals surface area contributed by atoms with Gasteiger partial charge in [-0.15, -0.1) is 0 Å². The van der Waals surface area contributed by atoms with Gasteiger partial charge in [-0.05, 0) is 36.8 Å². The van der Waals surface area contributed by atoms with E-state index < -0.39 is 58.1 Å². The molecule has 0 aliphatic heterocycles. The van der Waals surface area contributed by atoms with Crippen LogP contribution in [0.4, 0.5) is 10.5 Å². The smallest absolute Gasteiger partial charge is 0.407 e. The number of primary amides is 1. The van der Waals surface area contributed by atoms with Crippen molar-refractivity contribution in [1.29, 1.82) is 0 Å². The normalized spacial score (nSPS) is 23.5. The van der Waals surface area contributed by atoms with Crippen molar-refractivity contribution >= 4 is 35.0 Å². The van der Waals surface area contributed by atoms with E-state index in [0.29, 0.717) is 11.3 Å². The molecular formula is C29H37N3O9. The second-order valence-electron chi connectivity index (χ2n) is 11.1. The highest BCUT2D eigenvalue weighted by Gasteiger charge is 2.60. The maximum absolute atomic E-state index is 13.7. The molecule has 0 bridgehead atoms. The van der Waals surface area contributed by atoms with Crippen molar-refractivity contribution in [2.24, 2.45) is 17.6 Å². The molecule has 1 fully saturated rings. The van der Waals surface area contributed by atoms with Crippen molar-refractivity contribution in [1.82, 2.24) is 5.32 Å². The van der Waals surface area contributed by atoms with Crippen LogP contribution in [-0.4, -0.2) is 70.3 Å². The zero-order valence-electron chi connectivity index (χ0n) is 23.5. The number of nitrogens with one attached hydrogen (secondary N) is 1. The number of benzene rings is 1. The number of ether oxygens (including phenoxy) is 1. The molecule has 12 nitrogen and oxygen atoms in total. The zero-order valence-corrected chi connectivity index (χ0v) is 23.5. The third kappa shape index (κ3) is 5.12. The quantitative estimate of drug-likeness (QED) is 0.189. The monoisotopic (exact) mass is 571 g/mol. The van der Waals surface area contributed by atoms with Crippen molar-refractivity contribution in [3.63, 3.8) is 0 Å². The summed E-state index contributed by atoms with van der Waals surface area (Å²) in [7, 11) is 3.53. The molecule has 7 N–H and O–H groups in total. The first-order valence-electron chi connectivity index (χ1n) is 13.8. The summed E-state index contributed by atoms with van der Waals surface area (Å²) in [6, 6.07) is 1.67. The van der Waals surface area contributed by atoms with E-state index in [1.807, 2.05) is 0 Å². The van der Waals surface area contributed by atoms with E-state index in [9.17, 15) is 39.6 Å². The lowest BCUT2D eigenvalue weighted by Gasteiger charge is -2.46. The molecule has 3 atom stereocenters. The second kappa shape index (κ2) is 11.4. The van der Waals surface area contributed by atoms with Gasteiger partial charge >= 0.3 is 6.09 Å². The minimum absolute atomic E-state index is 0.0342. The van der Waals surface area contributed by atoms with Crippen molar-refractivity contribution in [2.75, 3.05) is 25.6 Å². The molecule has 4 rings (SSSR count). The van der Waals surface area contributed by atoms with Crippen LogP contribution in [0.3, 0.4) is 0 Å². The van der Waals surface area contributed by atoms with Gasteiger partial charge in [-0.25, -0.2) is 4.79 Å². The Balaban J connectivity index is 1.71. The number of Topliss-reactive ketones (excluding diaryl/α,β-unsaturated/α-hetero) is 2. The summed E-state index contributed by atoms with van der Waals surface area (Å²) in [6.45, 7) is 2.21. The summed E-state index contributed by atoms with van der Waals surface area (Å²) in [5.41, 5.74) is 2.93. The lowest BCUT2D eigenvalue weighted by Crippen LogP contribution is -2.58. The SMILES string of the molecule is CCCCCCOC(=O)NCc1cc(N(C)C)c2c(c1O)C(O)=C1C(=O)[C@]3(O)C(O)=C(C(N)=O)C(=O)C[C@@H]3C[C@@H]1C2. The highest BCUT2D eigenvalue weighted by atomic mass is 16.5. The molecule has 1 saturated carbocycles. The van der Waals surface area contributed by atoms with Crippen LogP contribution in [0.2, 0.25) is 0 Å². The standard InChI is InChI=1S/C29H37N3O9/c1-4-5-6-7-8-41-28(39)31-13-15-11-18(32(2)3)17-10-14-9-16-12-19(33)22(27(30)38)26(37)29(16,40)25(36)20(14)24(35)21(17)23(15)34/h11,14,16,34-35,37,40H,4-10,12-13H2,1-3H3,(H2,30,38)(H,31,39)/t14-,16+,29+/m1/s1. The minimum atomic E-state index is -2.63. The molecule has 0 unspecified atom stereocenters. The molecule has 0 spiro atoms. The van der Waals surface area contributed by atoms with Gasteiger partial charge in [0, 0.05) is 49.8 Å². The number of hydrogen-bond acceptors (Lipinski definition) is 10. The van der Waals surface area contributed by atoms with Gasteiger partial charge in [-0.3, -0.25) is 14.4 Å². The number of nitrogens with two attached hydrogens (primary N) is 1. The summed E-state index contributed by atoms with van der Waals surface area (Å²) in [6.07, 6.45) is 2.96. The molecule has 0 radical (unpaired) electrons. The molecule has 0 heterocycles. The molecule has 3 aliphatic carbocycles. The number of ketones is 2. The van der Waals surface area contributed by atoms with Gasteiger partial charge in [0.25, 0.3) is 5.91 Å². The predicted octanol–water partition coefficient (Wildman–Crippen LogP) is 2.30. The molecule has 0 saturated heterocycles. The number of phenolic OH excluding ortho intramolecular Hbond substituents is 1. The Hall–Kier alpha value is -4.06. The first kappa shape index (κ1) is 29.9. The summed E-state index contributed by atoms with van der Waals surface area (Å²) in [5.74, 6) is -6.85. The van der Waals surface area contributed by atoms with Crippen molar-refractivity contribution < 1.29 is 44.3 Å². The van der Waals surface area contributed by atoms with Crippen LogP contribution in [0.25, 0.3) is 5.76 Å². The maximum atomic E-state index is 13.7. The average molecular weight is 572 g/mol. The lowest BCUT2D eigenvalue weighted by atomic mass is 9.59. The number of nitrogens with zero attached hydrogens (tertiary/aromatic N) is 1. The van der Waals surface area contributed by atoms with E-state index in [-0.39, 0.29) is 54.9 Å². The number of alkyl carbamates (subject to hydrolysis) is 1. The number of fused-ring (bicyclic) bond motifs is 3. The van der Waals surface area contributed by atoms with Crippen molar-refractivity contribution in [3.05, 3.63) is 39.7 Å². The van der Waals surface area contributed by atoms with Crippen LogP contribution in [0.5, 0.6) is 5.75 Å². The van der Waals surface area contributed by atoms with Gasteiger partial charge in [-0.2, -0.15) is 0 Å². The van der Waals surface area contributed by atoms with Gasteiger partial charge in [0.05, 0.1) is 12.2 Å².